The molecule has 0 amide bonds. The maximum Gasteiger partial charge on any atom is 0.193 e. The van der Waals surface area contributed by atoms with Crippen molar-refractivity contribution in [1.29, 1.82) is 0 Å². The molecule has 0 spiro atoms. The molecule has 2 aliphatic rings. The predicted molar refractivity (Wildman–Crippen MR) is 77.6 cm³/mol. The van der Waals surface area contributed by atoms with Crippen molar-refractivity contribution in [2.45, 2.75) is 38.2 Å². The Morgan fingerprint density at radius 3 is 3.05 bits per heavy atom. The molecule has 1 aromatic carbocycles. The van der Waals surface area contributed by atoms with Crippen LogP contribution in [0.5, 0.6) is 0 Å². The number of anilines is 1. The van der Waals surface area contributed by atoms with Crippen molar-refractivity contribution in [3.05, 3.63) is 29.3 Å². The quantitative estimate of drug-likeness (QED) is 0.645. The summed E-state index contributed by atoms with van der Waals surface area (Å²) in [6, 6.07) is 6.47. The summed E-state index contributed by atoms with van der Waals surface area (Å²) in [4.78, 5) is 4.35. The fourth-order valence-corrected chi connectivity index (χ4v) is 2.83. The van der Waals surface area contributed by atoms with Crippen LogP contribution in [-0.4, -0.2) is 25.2 Å². The standard InChI is InChI=1S/C15H21N3O/c16-15(17-10-14-5-2-8-19-14)18-13-7-6-11-3-1-4-12(11)9-13/h6-7,9,14H,1-5,8,10H2,(H3,16,17,18). The van der Waals surface area contributed by atoms with Crippen LogP contribution >= 0.6 is 0 Å². The van der Waals surface area contributed by atoms with E-state index in [4.69, 9.17) is 10.5 Å². The predicted octanol–water partition coefficient (Wildman–Crippen LogP) is 2.08. The highest BCUT2D eigenvalue weighted by Gasteiger charge is 2.15. The lowest BCUT2D eigenvalue weighted by Crippen LogP contribution is -2.24. The Hall–Kier alpha value is -1.55. The second-order valence-corrected chi connectivity index (χ2v) is 5.32. The number of guanidine groups is 1. The highest BCUT2D eigenvalue weighted by molar-refractivity contribution is 5.92. The number of fused-ring (bicyclic) bond motifs is 1. The minimum Gasteiger partial charge on any atom is -0.376 e. The lowest BCUT2D eigenvalue weighted by Gasteiger charge is -2.09. The zero-order valence-electron chi connectivity index (χ0n) is 11.2. The van der Waals surface area contributed by atoms with Crippen LogP contribution < -0.4 is 11.1 Å². The number of benzene rings is 1. The van der Waals surface area contributed by atoms with Crippen LogP contribution in [0.3, 0.4) is 0 Å². The van der Waals surface area contributed by atoms with Gasteiger partial charge in [0.25, 0.3) is 0 Å². The summed E-state index contributed by atoms with van der Waals surface area (Å²) < 4.78 is 5.52. The molecule has 4 nitrogen and oxygen atoms in total. The first-order chi connectivity index (χ1) is 9.31. The van der Waals surface area contributed by atoms with Gasteiger partial charge in [-0.1, -0.05) is 6.07 Å². The Bertz CT molecular complexity index is 478. The van der Waals surface area contributed by atoms with Crippen LogP contribution in [0, 0.1) is 0 Å². The third-order valence-electron chi connectivity index (χ3n) is 3.86. The lowest BCUT2D eigenvalue weighted by atomic mass is 10.1. The van der Waals surface area contributed by atoms with Gasteiger partial charge in [-0.3, -0.25) is 4.99 Å². The van der Waals surface area contributed by atoms with E-state index in [0.717, 1.165) is 25.1 Å². The minimum absolute atomic E-state index is 0.250. The molecule has 0 radical (unpaired) electrons. The zero-order valence-corrected chi connectivity index (χ0v) is 11.2. The topological polar surface area (TPSA) is 59.6 Å². The number of hydrogen-bond acceptors (Lipinski definition) is 2. The van der Waals surface area contributed by atoms with Crippen molar-refractivity contribution in [2.24, 2.45) is 10.7 Å². The van der Waals surface area contributed by atoms with Crippen molar-refractivity contribution in [1.82, 2.24) is 0 Å². The maximum atomic E-state index is 5.91. The number of aliphatic imine (C=N–C) groups is 1. The van der Waals surface area contributed by atoms with Crippen LogP contribution in [0.4, 0.5) is 5.69 Å². The fraction of sp³-hybridized carbons (Fsp3) is 0.533. The van der Waals surface area contributed by atoms with Gasteiger partial charge >= 0.3 is 0 Å². The van der Waals surface area contributed by atoms with Crippen molar-refractivity contribution in [3.63, 3.8) is 0 Å². The van der Waals surface area contributed by atoms with Gasteiger partial charge in [-0.05, 0) is 55.4 Å². The van der Waals surface area contributed by atoms with Crippen LogP contribution in [-0.2, 0) is 17.6 Å². The van der Waals surface area contributed by atoms with E-state index in [9.17, 15) is 0 Å². The molecule has 1 aromatic rings. The van der Waals surface area contributed by atoms with E-state index in [1.54, 1.807) is 0 Å². The SMILES string of the molecule is NC(=NCC1CCCO1)Nc1ccc2c(c1)CCC2. The van der Waals surface area contributed by atoms with Crippen LogP contribution in [0.1, 0.15) is 30.4 Å². The van der Waals surface area contributed by atoms with Gasteiger partial charge in [0, 0.05) is 12.3 Å². The average Bonchev–Trinajstić information content (AvgIpc) is 3.07. The highest BCUT2D eigenvalue weighted by atomic mass is 16.5. The summed E-state index contributed by atoms with van der Waals surface area (Å²) in [6.45, 7) is 1.52. The summed E-state index contributed by atoms with van der Waals surface area (Å²) in [6.07, 6.45) is 6.13. The van der Waals surface area contributed by atoms with Crippen molar-refractivity contribution >= 4 is 11.6 Å². The number of rotatable bonds is 3. The number of ether oxygens (including phenoxy) is 1. The van der Waals surface area contributed by atoms with E-state index in [1.165, 1.54) is 30.4 Å². The molecule has 3 N–H and O–H groups in total. The maximum absolute atomic E-state index is 5.91. The Morgan fingerprint density at radius 2 is 2.21 bits per heavy atom. The number of nitrogens with zero attached hydrogens (tertiary/aromatic N) is 1. The van der Waals surface area contributed by atoms with Gasteiger partial charge in [-0.25, -0.2) is 0 Å². The molecule has 4 heteroatoms. The molecule has 3 rings (SSSR count). The summed E-state index contributed by atoms with van der Waals surface area (Å²) in [7, 11) is 0. The van der Waals surface area contributed by atoms with Gasteiger partial charge < -0.3 is 15.8 Å². The molecule has 0 aromatic heterocycles. The molecule has 1 aliphatic heterocycles. The number of nitrogens with one attached hydrogen (secondary N) is 1. The molecule has 19 heavy (non-hydrogen) atoms. The zero-order chi connectivity index (χ0) is 13.1. The average molecular weight is 259 g/mol. The van der Waals surface area contributed by atoms with E-state index in [0.29, 0.717) is 12.5 Å². The van der Waals surface area contributed by atoms with Crippen LogP contribution in [0.25, 0.3) is 0 Å². The normalized spacial score (nSPS) is 22.5. The van der Waals surface area contributed by atoms with E-state index in [2.05, 4.69) is 28.5 Å². The number of nitrogens with two attached hydrogens (primary N) is 1. The van der Waals surface area contributed by atoms with Gasteiger partial charge in [0.2, 0.25) is 0 Å². The summed E-state index contributed by atoms with van der Waals surface area (Å²) in [5.41, 5.74) is 9.86. The van der Waals surface area contributed by atoms with E-state index in [-0.39, 0.29) is 6.10 Å². The number of aryl methyl sites for hydroxylation is 2. The first-order valence-corrected chi connectivity index (χ1v) is 7.11. The van der Waals surface area contributed by atoms with Crippen molar-refractivity contribution in [3.8, 4) is 0 Å². The Morgan fingerprint density at radius 1 is 1.32 bits per heavy atom. The van der Waals surface area contributed by atoms with Gasteiger partial charge in [0.05, 0.1) is 12.6 Å². The summed E-state index contributed by atoms with van der Waals surface area (Å²) >= 11 is 0. The first-order valence-electron chi connectivity index (χ1n) is 7.11. The second kappa shape index (κ2) is 5.61. The Kier molecular flexibility index (Phi) is 3.69. The van der Waals surface area contributed by atoms with E-state index < -0.39 is 0 Å². The van der Waals surface area contributed by atoms with Crippen molar-refractivity contribution < 1.29 is 4.74 Å². The molecule has 1 saturated heterocycles. The monoisotopic (exact) mass is 259 g/mol. The van der Waals surface area contributed by atoms with Crippen LogP contribution in [0.2, 0.25) is 0 Å². The Labute approximate surface area is 114 Å². The molecule has 0 saturated carbocycles. The molecule has 1 atom stereocenters. The molecule has 102 valence electrons. The van der Waals surface area contributed by atoms with Gasteiger partial charge in [0.1, 0.15) is 0 Å². The van der Waals surface area contributed by atoms with Gasteiger partial charge in [-0.2, -0.15) is 0 Å². The number of hydrogen-bond donors (Lipinski definition) is 2. The van der Waals surface area contributed by atoms with Gasteiger partial charge in [-0.15, -0.1) is 0 Å². The van der Waals surface area contributed by atoms with E-state index >= 15 is 0 Å². The third-order valence-corrected chi connectivity index (χ3v) is 3.86. The van der Waals surface area contributed by atoms with E-state index in [1.807, 2.05) is 0 Å². The molecule has 1 unspecified atom stereocenters. The summed E-state index contributed by atoms with van der Waals surface area (Å²) in [5, 5.41) is 3.17. The third kappa shape index (κ3) is 3.07. The molecule has 0 bridgehead atoms. The second-order valence-electron chi connectivity index (χ2n) is 5.32. The first kappa shape index (κ1) is 12.5. The Balaban J connectivity index is 1.59. The molecule has 1 aliphatic carbocycles. The molecule has 1 fully saturated rings. The highest BCUT2D eigenvalue weighted by Crippen LogP contribution is 2.24. The summed E-state index contributed by atoms with van der Waals surface area (Å²) in [5.74, 6) is 0.480. The minimum atomic E-state index is 0.250. The molecular formula is C15H21N3O. The van der Waals surface area contributed by atoms with Gasteiger partial charge in [0.15, 0.2) is 5.96 Å². The lowest BCUT2D eigenvalue weighted by molar-refractivity contribution is 0.118. The molecule has 1 heterocycles. The van der Waals surface area contributed by atoms with Crippen LogP contribution in [0.15, 0.2) is 23.2 Å². The smallest absolute Gasteiger partial charge is 0.193 e. The molecular weight excluding hydrogens is 238 g/mol. The largest absolute Gasteiger partial charge is 0.376 e. The van der Waals surface area contributed by atoms with Crippen molar-refractivity contribution in [2.75, 3.05) is 18.5 Å². The fourth-order valence-electron chi connectivity index (χ4n) is 2.83.